The fourth-order valence-electron chi connectivity index (χ4n) is 4.02. The second kappa shape index (κ2) is 8.95. The number of nitrogens with one attached hydrogen (secondary N) is 1. The summed E-state index contributed by atoms with van der Waals surface area (Å²) >= 11 is 0. The number of carbonyl (C=O) groups is 1. The molecule has 2 N–H and O–H groups in total. The summed E-state index contributed by atoms with van der Waals surface area (Å²) in [6.45, 7) is 3.29. The SMILES string of the molecule is CN1CCN(C(=O)c2ccc(-c3ccc(Nc4nc(=O)n(O)c5ncccc45)cc3)cc2)CC1. The van der Waals surface area contributed by atoms with Crippen molar-refractivity contribution < 1.29 is 10.0 Å². The molecule has 0 unspecified atom stereocenters. The molecule has 1 saturated heterocycles. The fourth-order valence-corrected chi connectivity index (χ4v) is 4.02. The lowest BCUT2D eigenvalue weighted by Gasteiger charge is -2.32. The van der Waals surface area contributed by atoms with Crippen LogP contribution in [-0.2, 0) is 0 Å². The molecule has 1 fully saturated rings. The number of hydrogen-bond donors (Lipinski definition) is 2. The van der Waals surface area contributed by atoms with Crippen LogP contribution in [0.3, 0.4) is 0 Å². The smallest absolute Gasteiger partial charge is 0.384 e. The molecule has 2 aromatic carbocycles. The molecule has 3 heterocycles. The molecule has 5 rings (SSSR count). The average Bonchev–Trinajstić information content (AvgIpc) is 2.88. The minimum absolute atomic E-state index is 0.0678. The van der Waals surface area contributed by atoms with Crippen LogP contribution in [0.4, 0.5) is 11.5 Å². The van der Waals surface area contributed by atoms with E-state index in [0.29, 0.717) is 21.5 Å². The second-order valence-corrected chi connectivity index (χ2v) is 8.30. The van der Waals surface area contributed by atoms with Gasteiger partial charge in [-0.1, -0.05) is 24.3 Å². The summed E-state index contributed by atoms with van der Waals surface area (Å²) in [5.74, 6) is 0.385. The van der Waals surface area contributed by atoms with Crippen LogP contribution >= 0.6 is 0 Å². The van der Waals surface area contributed by atoms with Crippen molar-refractivity contribution in [3.63, 3.8) is 0 Å². The number of anilines is 2. The van der Waals surface area contributed by atoms with Crippen molar-refractivity contribution in [2.45, 2.75) is 0 Å². The van der Waals surface area contributed by atoms with Gasteiger partial charge < -0.3 is 20.3 Å². The minimum Gasteiger partial charge on any atom is -0.422 e. The molecule has 0 atom stereocenters. The Bertz CT molecular complexity index is 1390. The number of hydrogen-bond acceptors (Lipinski definition) is 7. The van der Waals surface area contributed by atoms with Gasteiger partial charge in [-0.15, -0.1) is 4.73 Å². The first-order valence-electron chi connectivity index (χ1n) is 11.0. The van der Waals surface area contributed by atoms with Gasteiger partial charge in [0.1, 0.15) is 5.82 Å². The third-order valence-electron chi connectivity index (χ3n) is 6.03. The fraction of sp³-hybridized carbons (Fsp3) is 0.200. The molecule has 2 aromatic heterocycles. The molecule has 1 aliphatic rings. The van der Waals surface area contributed by atoms with Gasteiger partial charge in [-0.05, 0) is 54.6 Å². The van der Waals surface area contributed by atoms with E-state index in [1.807, 2.05) is 53.4 Å². The quantitative estimate of drug-likeness (QED) is 0.455. The molecule has 9 heteroatoms. The van der Waals surface area contributed by atoms with Gasteiger partial charge in [0.15, 0.2) is 5.65 Å². The molecule has 0 saturated carbocycles. The van der Waals surface area contributed by atoms with Crippen molar-refractivity contribution in [1.29, 1.82) is 0 Å². The highest BCUT2D eigenvalue weighted by Gasteiger charge is 2.20. The third-order valence-corrected chi connectivity index (χ3v) is 6.03. The van der Waals surface area contributed by atoms with Gasteiger partial charge in [0.05, 0.1) is 5.39 Å². The summed E-state index contributed by atoms with van der Waals surface area (Å²) in [4.78, 5) is 36.8. The van der Waals surface area contributed by atoms with E-state index in [0.717, 1.165) is 43.0 Å². The van der Waals surface area contributed by atoms with Gasteiger partial charge in [-0.3, -0.25) is 4.79 Å². The van der Waals surface area contributed by atoms with E-state index < -0.39 is 5.69 Å². The molecular formula is C25H24N6O3. The van der Waals surface area contributed by atoms with E-state index in [1.54, 1.807) is 12.1 Å². The van der Waals surface area contributed by atoms with Crippen molar-refractivity contribution in [1.82, 2.24) is 24.5 Å². The Labute approximate surface area is 195 Å². The van der Waals surface area contributed by atoms with Crippen LogP contribution in [0.2, 0.25) is 0 Å². The summed E-state index contributed by atoms with van der Waals surface area (Å²) in [5.41, 5.74) is 2.74. The lowest BCUT2D eigenvalue weighted by Crippen LogP contribution is -2.47. The van der Waals surface area contributed by atoms with E-state index in [4.69, 9.17) is 0 Å². The van der Waals surface area contributed by atoms with Crippen molar-refractivity contribution >= 4 is 28.4 Å². The van der Waals surface area contributed by atoms with Gasteiger partial charge in [0.2, 0.25) is 0 Å². The largest absolute Gasteiger partial charge is 0.422 e. The Kier molecular flexibility index (Phi) is 5.69. The Balaban J connectivity index is 1.32. The second-order valence-electron chi connectivity index (χ2n) is 8.30. The van der Waals surface area contributed by atoms with Crippen LogP contribution in [0, 0.1) is 0 Å². The van der Waals surface area contributed by atoms with Crippen LogP contribution in [0.15, 0.2) is 71.7 Å². The number of benzene rings is 2. The number of rotatable bonds is 4. The van der Waals surface area contributed by atoms with E-state index in [-0.39, 0.29) is 11.6 Å². The average molecular weight is 457 g/mol. The molecule has 34 heavy (non-hydrogen) atoms. The standard InChI is InChI=1S/C25H24N6O3/c1-29-13-15-30(16-14-29)24(32)19-6-4-17(5-7-19)18-8-10-20(11-9-18)27-22-21-3-2-12-26-23(21)31(34)25(33)28-22/h2-12,34H,13-16H2,1H3,(H,27,28,33). The summed E-state index contributed by atoms with van der Waals surface area (Å²) < 4.78 is 0.432. The first kappa shape index (κ1) is 21.6. The topological polar surface area (TPSA) is 104 Å². The highest BCUT2D eigenvalue weighted by molar-refractivity contribution is 5.95. The monoisotopic (exact) mass is 456 g/mol. The molecule has 9 nitrogen and oxygen atoms in total. The van der Waals surface area contributed by atoms with E-state index in [1.165, 1.54) is 6.20 Å². The van der Waals surface area contributed by atoms with E-state index in [9.17, 15) is 14.8 Å². The highest BCUT2D eigenvalue weighted by atomic mass is 16.5. The number of carbonyl (C=O) groups excluding carboxylic acids is 1. The lowest BCUT2D eigenvalue weighted by molar-refractivity contribution is 0.0664. The van der Waals surface area contributed by atoms with Crippen LogP contribution in [-0.4, -0.2) is 68.8 Å². The summed E-state index contributed by atoms with van der Waals surface area (Å²) in [6, 6.07) is 18.7. The maximum atomic E-state index is 12.8. The Hall–Kier alpha value is -4.24. The zero-order valence-electron chi connectivity index (χ0n) is 18.7. The number of amides is 1. The number of piperazine rings is 1. The molecule has 172 valence electrons. The van der Waals surface area contributed by atoms with Crippen LogP contribution in [0.5, 0.6) is 0 Å². The lowest BCUT2D eigenvalue weighted by atomic mass is 10.0. The van der Waals surface area contributed by atoms with Crippen LogP contribution in [0.25, 0.3) is 22.2 Å². The van der Waals surface area contributed by atoms with Gasteiger partial charge >= 0.3 is 5.69 Å². The van der Waals surface area contributed by atoms with Gasteiger partial charge in [0, 0.05) is 43.6 Å². The molecule has 0 spiro atoms. The van der Waals surface area contributed by atoms with Crippen LogP contribution < -0.4 is 11.0 Å². The number of aromatic nitrogens is 3. The van der Waals surface area contributed by atoms with Crippen molar-refractivity contribution in [3.05, 3.63) is 82.9 Å². The first-order valence-corrected chi connectivity index (χ1v) is 11.0. The number of fused-ring (bicyclic) bond motifs is 1. The molecule has 0 radical (unpaired) electrons. The summed E-state index contributed by atoms with van der Waals surface area (Å²) in [6.07, 6.45) is 1.50. The molecular weight excluding hydrogens is 432 g/mol. The Morgan fingerprint density at radius 2 is 1.59 bits per heavy atom. The summed E-state index contributed by atoms with van der Waals surface area (Å²) in [7, 11) is 2.07. The normalized spacial score (nSPS) is 14.3. The molecule has 1 aliphatic heterocycles. The zero-order valence-corrected chi connectivity index (χ0v) is 18.7. The summed E-state index contributed by atoms with van der Waals surface area (Å²) in [5, 5.41) is 13.5. The maximum Gasteiger partial charge on any atom is 0.384 e. The number of nitrogens with zero attached hydrogens (tertiary/aromatic N) is 5. The molecule has 1 amide bonds. The molecule has 4 aromatic rings. The van der Waals surface area contributed by atoms with Gasteiger partial charge in [-0.2, -0.15) is 4.98 Å². The van der Waals surface area contributed by atoms with Crippen molar-refractivity contribution in [2.24, 2.45) is 0 Å². The zero-order chi connectivity index (χ0) is 23.7. The van der Waals surface area contributed by atoms with Crippen molar-refractivity contribution in [2.75, 3.05) is 38.5 Å². The van der Waals surface area contributed by atoms with Crippen LogP contribution in [0.1, 0.15) is 10.4 Å². The first-order chi connectivity index (χ1) is 16.5. The predicted octanol–water partition coefficient (Wildman–Crippen LogP) is 2.83. The molecule has 0 aliphatic carbocycles. The van der Waals surface area contributed by atoms with E-state index >= 15 is 0 Å². The minimum atomic E-state index is -0.809. The Morgan fingerprint density at radius 1 is 0.941 bits per heavy atom. The predicted molar refractivity (Wildman–Crippen MR) is 130 cm³/mol. The highest BCUT2D eigenvalue weighted by Crippen LogP contribution is 2.25. The number of pyridine rings is 1. The van der Waals surface area contributed by atoms with E-state index in [2.05, 4.69) is 27.2 Å². The molecule has 0 bridgehead atoms. The third kappa shape index (κ3) is 4.20. The maximum absolute atomic E-state index is 12.8. The number of likely N-dealkylation sites (N-methyl/N-ethyl adjacent to an activating group) is 1. The van der Waals surface area contributed by atoms with Crippen molar-refractivity contribution in [3.8, 4) is 11.1 Å². The Morgan fingerprint density at radius 3 is 2.26 bits per heavy atom. The van der Waals surface area contributed by atoms with Gasteiger partial charge in [0.25, 0.3) is 5.91 Å². The van der Waals surface area contributed by atoms with Gasteiger partial charge in [-0.25, -0.2) is 9.78 Å².